The second-order valence-corrected chi connectivity index (χ2v) is 8.60. The normalized spacial score (nSPS) is 16.1. The molecule has 1 saturated heterocycles. The molecular formula is C23H26F3N5O4. The summed E-state index contributed by atoms with van der Waals surface area (Å²) in [5, 5.41) is 2.65. The molecule has 9 nitrogen and oxygen atoms in total. The second-order valence-electron chi connectivity index (χ2n) is 8.60. The molecule has 0 bridgehead atoms. The topological polar surface area (TPSA) is 105 Å². The zero-order chi connectivity index (χ0) is 25.8. The SMILES string of the molecule is COC(=O)c1ccc(NC(=O)CN2C(=O)N(Cc3ccc(C(F)(F)F)nc3)C[C@@H]2CC(C)C)cn1. The summed E-state index contributed by atoms with van der Waals surface area (Å²) in [6.07, 6.45) is -1.47. The molecule has 2 aromatic heterocycles. The molecule has 1 fully saturated rings. The van der Waals surface area contributed by atoms with Gasteiger partial charge in [0.1, 0.15) is 17.9 Å². The Hall–Kier alpha value is -3.70. The number of amides is 3. The van der Waals surface area contributed by atoms with Crippen LogP contribution in [0.25, 0.3) is 0 Å². The van der Waals surface area contributed by atoms with Gasteiger partial charge in [0.25, 0.3) is 0 Å². The molecule has 0 unspecified atom stereocenters. The number of esters is 1. The van der Waals surface area contributed by atoms with E-state index in [2.05, 4.69) is 20.0 Å². The van der Waals surface area contributed by atoms with Crippen molar-refractivity contribution >= 4 is 23.6 Å². The molecule has 3 amide bonds. The van der Waals surface area contributed by atoms with E-state index in [1.54, 1.807) is 0 Å². The molecule has 0 radical (unpaired) electrons. The number of hydrogen-bond donors (Lipinski definition) is 1. The van der Waals surface area contributed by atoms with E-state index < -0.39 is 23.7 Å². The highest BCUT2D eigenvalue weighted by Crippen LogP contribution is 2.28. The van der Waals surface area contributed by atoms with E-state index >= 15 is 0 Å². The molecule has 0 spiro atoms. The number of carbonyl (C=O) groups is 3. The third-order valence-electron chi connectivity index (χ3n) is 5.38. The third-order valence-corrected chi connectivity index (χ3v) is 5.38. The van der Waals surface area contributed by atoms with Crippen molar-refractivity contribution in [1.29, 1.82) is 0 Å². The molecule has 3 rings (SSSR count). The van der Waals surface area contributed by atoms with E-state index in [1.807, 2.05) is 13.8 Å². The Kier molecular flexibility index (Phi) is 7.92. The number of hydrogen-bond acceptors (Lipinski definition) is 6. The fourth-order valence-electron chi connectivity index (χ4n) is 3.80. The minimum Gasteiger partial charge on any atom is -0.464 e. The van der Waals surface area contributed by atoms with Crippen LogP contribution in [0.1, 0.15) is 42.0 Å². The fraction of sp³-hybridized carbons (Fsp3) is 0.435. The number of pyridine rings is 2. The number of alkyl halides is 3. The maximum Gasteiger partial charge on any atom is 0.433 e. The van der Waals surface area contributed by atoms with Crippen LogP contribution < -0.4 is 5.32 Å². The van der Waals surface area contributed by atoms with E-state index in [-0.39, 0.29) is 36.8 Å². The van der Waals surface area contributed by atoms with Crippen LogP contribution in [0, 0.1) is 5.92 Å². The number of anilines is 1. The fourth-order valence-corrected chi connectivity index (χ4v) is 3.80. The van der Waals surface area contributed by atoms with E-state index in [1.165, 1.54) is 41.3 Å². The first kappa shape index (κ1) is 25.9. The number of nitrogens with one attached hydrogen (secondary N) is 1. The Morgan fingerprint density at radius 2 is 1.91 bits per heavy atom. The number of aromatic nitrogens is 2. The molecule has 35 heavy (non-hydrogen) atoms. The zero-order valence-corrected chi connectivity index (χ0v) is 19.5. The number of halogens is 3. The lowest BCUT2D eigenvalue weighted by atomic mass is 10.0. The Morgan fingerprint density at radius 3 is 2.46 bits per heavy atom. The number of nitrogens with zero attached hydrogens (tertiary/aromatic N) is 4. The van der Waals surface area contributed by atoms with Gasteiger partial charge < -0.3 is 19.9 Å². The maximum atomic E-state index is 13.1. The van der Waals surface area contributed by atoms with Gasteiger partial charge in [-0.05, 0) is 36.1 Å². The molecule has 3 heterocycles. The first-order valence-corrected chi connectivity index (χ1v) is 10.9. The summed E-state index contributed by atoms with van der Waals surface area (Å²) >= 11 is 0. The number of ether oxygens (including phenoxy) is 1. The molecule has 1 aliphatic rings. The first-order valence-electron chi connectivity index (χ1n) is 10.9. The van der Waals surface area contributed by atoms with Crippen LogP contribution in [0.4, 0.5) is 23.7 Å². The lowest BCUT2D eigenvalue weighted by Crippen LogP contribution is -2.41. The van der Waals surface area contributed by atoms with E-state index in [4.69, 9.17) is 0 Å². The van der Waals surface area contributed by atoms with Gasteiger partial charge in [0.05, 0.1) is 25.0 Å². The summed E-state index contributed by atoms with van der Waals surface area (Å²) in [5.74, 6) is -0.802. The van der Waals surface area contributed by atoms with E-state index in [0.29, 0.717) is 24.2 Å². The Morgan fingerprint density at radius 1 is 1.17 bits per heavy atom. The quantitative estimate of drug-likeness (QED) is 0.564. The second kappa shape index (κ2) is 10.7. The Labute approximate surface area is 200 Å². The van der Waals surface area contributed by atoms with Gasteiger partial charge in [-0.15, -0.1) is 0 Å². The molecule has 1 N–H and O–H groups in total. The van der Waals surface area contributed by atoms with Gasteiger partial charge in [0, 0.05) is 19.3 Å². The lowest BCUT2D eigenvalue weighted by molar-refractivity contribution is -0.141. The van der Waals surface area contributed by atoms with Gasteiger partial charge in [-0.25, -0.2) is 14.6 Å². The minimum absolute atomic E-state index is 0.0790. The lowest BCUT2D eigenvalue weighted by Gasteiger charge is -2.24. The number of carbonyl (C=O) groups excluding carboxylic acids is 3. The van der Waals surface area contributed by atoms with Crippen LogP contribution in [0.5, 0.6) is 0 Å². The van der Waals surface area contributed by atoms with Crippen molar-refractivity contribution in [1.82, 2.24) is 19.8 Å². The molecule has 188 valence electrons. The van der Waals surface area contributed by atoms with Gasteiger partial charge in [-0.1, -0.05) is 19.9 Å². The van der Waals surface area contributed by atoms with E-state index in [9.17, 15) is 27.6 Å². The molecule has 12 heteroatoms. The summed E-state index contributed by atoms with van der Waals surface area (Å²) in [4.78, 5) is 47.6. The molecule has 1 aliphatic heterocycles. The monoisotopic (exact) mass is 493 g/mol. The van der Waals surface area contributed by atoms with Crippen molar-refractivity contribution in [2.24, 2.45) is 5.92 Å². The number of methoxy groups -OCH3 is 1. The van der Waals surface area contributed by atoms with Crippen LogP contribution in [0.3, 0.4) is 0 Å². The summed E-state index contributed by atoms with van der Waals surface area (Å²) < 4.78 is 42.9. The highest BCUT2D eigenvalue weighted by atomic mass is 19.4. The van der Waals surface area contributed by atoms with Crippen molar-refractivity contribution in [3.8, 4) is 0 Å². The average molecular weight is 493 g/mol. The summed E-state index contributed by atoms with van der Waals surface area (Å²) in [6, 6.07) is 4.45. The van der Waals surface area contributed by atoms with Gasteiger partial charge in [-0.3, -0.25) is 9.78 Å². The molecule has 0 aliphatic carbocycles. The Balaban J connectivity index is 1.67. The highest BCUT2D eigenvalue weighted by Gasteiger charge is 2.38. The molecule has 0 aromatic carbocycles. The molecule has 0 saturated carbocycles. The zero-order valence-electron chi connectivity index (χ0n) is 19.5. The standard InChI is InChI=1S/C23H26F3N5O4/c1-14(2)8-17-12-30(11-15-4-7-19(28-9-15)23(24,25)26)22(34)31(17)13-20(32)29-16-5-6-18(27-10-16)21(33)35-3/h4-7,9-10,14,17H,8,11-13H2,1-3H3,(H,29,32)/t17-/m0/s1. The van der Waals surface area contributed by atoms with Crippen LogP contribution in [-0.4, -0.2) is 63.9 Å². The maximum absolute atomic E-state index is 13.1. The summed E-state index contributed by atoms with van der Waals surface area (Å²) in [5.41, 5.74) is -0.107. The first-order chi connectivity index (χ1) is 16.5. The Bertz CT molecular complexity index is 1060. The van der Waals surface area contributed by atoms with Crippen molar-refractivity contribution in [2.75, 3.05) is 25.5 Å². The van der Waals surface area contributed by atoms with Crippen molar-refractivity contribution in [3.05, 3.63) is 53.6 Å². The predicted octanol–water partition coefficient (Wildman–Crippen LogP) is 3.57. The highest BCUT2D eigenvalue weighted by molar-refractivity contribution is 5.95. The molecular weight excluding hydrogens is 467 g/mol. The van der Waals surface area contributed by atoms with Crippen LogP contribution in [-0.2, 0) is 22.3 Å². The average Bonchev–Trinajstić information content (AvgIpc) is 3.07. The largest absolute Gasteiger partial charge is 0.464 e. The van der Waals surface area contributed by atoms with Gasteiger partial charge in [0.15, 0.2) is 0 Å². The van der Waals surface area contributed by atoms with Crippen LogP contribution >= 0.6 is 0 Å². The molecule has 2 aromatic rings. The summed E-state index contributed by atoms with van der Waals surface area (Å²) in [7, 11) is 1.23. The number of rotatable bonds is 8. The predicted molar refractivity (Wildman–Crippen MR) is 119 cm³/mol. The third kappa shape index (κ3) is 6.67. The van der Waals surface area contributed by atoms with Crippen LogP contribution in [0.2, 0.25) is 0 Å². The van der Waals surface area contributed by atoms with E-state index in [0.717, 1.165) is 12.3 Å². The van der Waals surface area contributed by atoms with Crippen molar-refractivity contribution < 1.29 is 32.3 Å². The minimum atomic E-state index is -4.54. The van der Waals surface area contributed by atoms with Gasteiger partial charge in [-0.2, -0.15) is 13.2 Å². The van der Waals surface area contributed by atoms with Gasteiger partial charge >= 0.3 is 18.2 Å². The van der Waals surface area contributed by atoms with Crippen molar-refractivity contribution in [2.45, 2.75) is 39.0 Å². The van der Waals surface area contributed by atoms with Gasteiger partial charge in [0.2, 0.25) is 5.91 Å². The number of urea groups is 1. The van der Waals surface area contributed by atoms with Crippen LogP contribution in [0.15, 0.2) is 36.7 Å². The smallest absolute Gasteiger partial charge is 0.433 e. The summed E-state index contributed by atoms with van der Waals surface area (Å²) in [6.45, 7) is 4.20. The molecule has 1 atom stereocenters. The van der Waals surface area contributed by atoms with Crippen molar-refractivity contribution in [3.63, 3.8) is 0 Å².